The topological polar surface area (TPSA) is 46.9 Å². The Morgan fingerprint density at radius 1 is 1.26 bits per heavy atom. The molecular weight excluding hydrogens is 340 g/mol. The normalized spacial score (nSPS) is 13.1. The van der Waals surface area contributed by atoms with E-state index in [0.717, 1.165) is 5.56 Å². The molecule has 23 heavy (non-hydrogen) atoms. The maximum absolute atomic E-state index is 13.1. The molecule has 0 amide bonds. The van der Waals surface area contributed by atoms with E-state index in [9.17, 15) is 9.18 Å². The summed E-state index contributed by atoms with van der Waals surface area (Å²) in [7, 11) is 0. The van der Waals surface area contributed by atoms with Crippen LogP contribution in [0.2, 0.25) is 10.0 Å². The fraction of sp³-hybridized carbons (Fsp3) is 0.375. The molecule has 0 saturated heterocycles. The first-order chi connectivity index (χ1) is 10.7. The fourth-order valence-corrected chi connectivity index (χ4v) is 2.59. The molecule has 1 heterocycles. The van der Waals surface area contributed by atoms with Crippen molar-refractivity contribution in [2.24, 2.45) is 5.41 Å². The molecule has 0 fully saturated rings. The maximum atomic E-state index is 13.1. The highest BCUT2D eigenvalue weighted by molar-refractivity contribution is 6.41. The van der Waals surface area contributed by atoms with Gasteiger partial charge in [0.25, 0.3) is 5.56 Å². The van der Waals surface area contributed by atoms with E-state index in [1.165, 1.54) is 23.0 Å². The Kier molecular flexibility index (Phi) is 5.45. The van der Waals surface area contributed by atoms with Crippen molar-refractivity contribution in [3.8, 4) is 0 Å². The molecule has 0 saturated carbocycles. The predicted molar refractivity (Wildman–Crippen MR) is 90.2 cm³/mol. The highest BCUT2D eigenvalue weighted by Gasteiger charge is 2.26. The fourth-order valence-electron chi connectivity index (χ4n) is 2.31. The second-order valence-electron chi connectivity index (χ2n) is 6.32. The maximum Gasteiger partial charge on any atom is 0.288 e. The molecule has 0 bridgehead atoms. The number of nitrogens with zero attached hydrogens (tertiary/aromatic N) is 2. The second-order valence-corrected chi connectivity index (χ2v) is 7.11. The number of aromatic nitrogens is 2. The van der Waals surface area contributed by atoms with Crippen LogP contribution >= 0.6 is 23.2 Å². The zero-order valence-electron chi connectivity index (χ0n) is 13.1. The van der Waals surface area contributed by atoms with Crippen LogP contribution in [0.25, 0.3) is 0 Å². The molecule has 124 valence electrons. The molecule has 0 spiro atoms. The quantitative estimate of drug-likeness (QED) is 0.898. The van der Waals surface area contributed by atoms with Gasteiger partial charge in [-0.15, -0.1) is 0 Å². The van der Waals surface area contributed by atoms with Gasteiger partial charge in [0.15, 0.2) is 0 Å². The van der Waals surface area contributed by atoms with E-state index in [1.54, 1.807) is 12.1 Å². The Bertz CT molecular complexity index is 738. The van der Waals surface area contributed by atoms with Gasteiger partial charge in [-0.1, -0.05) is 56.1 Å². The van der Waals surface area contributed by atoms with Crippen molar-refractivity contribution >= 4 is 23.2 Å². The molecule has 1 unspecified atom stereocenters. The van der Waals surface area contributed by atoms with Crippen LogP contribution in [0.3, 0.4) is 0 Å². The molecule has 0 aliphatic heterocycles. The third-order valence-corrected chi connectivity index (χ3v) is 4.21. The highest BCUT2D eigenvalue weighted by Crippen LogP contribution is 2.32. The van der Waals surface area contributed by atoms with Crippen molar-refractivity contribution in [2.75, 3.05) is 0 Å². The summed E-state index contributed by atoms with van der Waals surface area (Å²) < 4.78 is 14.3. The first-order valence-corrected chi connectivity index (χ1v) is 7.85. The average Bonchev–Trinajstić information content (AvgIpc) is 2.48. The first kappa shape index (κ1) is 17.9. The Morgan fingerprint density at radius 2 is 1.87 bits per heavy atom. The number of benzene rings is 1. The van der Waals surface area contributed by atoms with Gasteiger partial charge in [-0.2, -0.15) is 5.10 Å². The van der Waals surface area contributed by atoms with Crippen molar-refractivity contribution < 1.29 is 4.39 Å². The number of hydrogen-bond acceptors (Lipinski definition) is 3. The van der Waals surface area contributed by atoms with Gasteiger partial charge in [0, 0.05) is 6.04 Å². The summed E-state index contributed by atoms with van der Waals surface area (Å²) in [6.45, 7) is 6.33. The van der Waals surface area contributed by atoms with E-state index in [1.807, 2.05) is 0 Å². The molecule has 1 aromatic carbocycles. The lowest BCUT2D eigenvalue weighted by Crippen LogP contribution is -2.37. The number of hydrogen-bond donors (Lipinski definition) is 1. The van der Waals surface area contributed by atoms with Crippen LogP contribution in [-0.4, -0.2) is 9.78 Å². The van der Waals surface area contributed by atoms with Crippen LogP contribution in [0.4, 0.5) is 4.39 Å². The van der Waals surface area contributed by atoms with E-state index in [-0.39, 0.29) is 34.0 Å². The van der Waals surface area contributed by atoms with Gasteiger partial charge in [0.1, 0.15) is 10.8 Å². The standard InChI is InChI=1S/C16H18Cl2FN3O/c1-16(2,3)14(10-4-6-11(19)7-5-10)20-9-22-15(23)13(18)12(17)8-21-22/h4-8,14,20H,9H2,1-3H3. The lowest BCUT2D eigenvalue weighted by Gasteiger charge is -2.32. The largest absolute Gasteiger partial charge is 0.291 e. The summed E-state index contributed by atoms with van der Waals surface area (Å²) in [5, 5.41) is 7.31. The Morgan fingerprint density at radius 3 is 2.43 bits per heavy atom. The van der Waals surface area contributed by atoms with Gasteiger partial charge in [0.05, 0.1) is 17.9 Å². The summed E-state index contributed by atoms with van der Waals surface area (Å²) in [5.41, 5.74) is 0.308. The van der Waals surface area contributed by atoms with E-state index in [2.05, 4.69) is 31.2 Å². The van der Waals surface area contributed by atoms with Gasteiger partial charge in [-0.25, -0.2) is 9.07 Å². The van der Waals surface area contributed by atoms with Crippen molar-refractivity contribution in [3.63, 3.8) is 0 Å². The molecule has 0 radical (unpaired) electrons. The van der Waals surface area contributed by atoms with Crippen molar-refractivity contribution in [1.82, 2.24) is 15.1 Å². The highest BCUT2D eigenvalue weighted by atomic mass is 35.5. The van der Waals surface area contributed by atoms with Crippen molar-refractivity contribution in [2.45, 2.75) is 33.5 Å². The smallest absolute Gasteiger partial charge is 0.288 e. The molecule has 4 nitrogen and oxygen atoms in total. The molecule has 0 aliphatic carbocycles. The number of rotatable bonds is 4. The van der Waals surface area contributed by atoms with E-state index in [4.69, 9.17) is 23.2 Å². The third-order valence-electron chi connectivity index (χ3n) is 3.46. The first-order valence-electron chi connectivity index (χ1n) is 7.10. The molecule has 1 N–H and O–H groups in total. The zero-order valence-corrected chi connectivity index (χ0v) is 14.6. The number of halogens is 3. The van der Waals surface area contributed by atoms with Crippen LogP contribution in [0, 0.1) is 11.2 Å². The van der Waals surface area contributed by atoms with Gasteiger partial charge < -0.3 is 0 Å². The molecule has 1 atom stereocenters. The van der Waals surface area contributed by atoms with Gasteiger partial charge >= 0.3 is 0 Å². The van der Waals surface area contributed by atoms with Gasteiger partial charge in [0.2, 0.25) is 0 Å². The van der Waals surface area contributed by atoms with Gasteiger partial charge in [-0.05, 0) is 23.1 Å². The van der Waals surface area contributed by atoms with Crippen LogP contribution in [0.5, 0.6) is 0 Å². The van der Waals surface area contributed by atoms with Crippen molar-refractivity contribution in [1.29, 1.82) is 0 Å². The monoisotopic (exact) mass is 357 g/mol. The second kappa shape index (κ2) is 6.99. The Hall–Kier alpha value is -1.43. The van der Waals surface area contributed by atoms with E-state index in [0.29, 0.717) is 0 Å². The summed E-state index contributed by atoms with van der Waals surface area (Å²) in [6, 6.07) is 6.18. The van der Waals surface area contributed by atoms with Crippen LogP contribution in [-0.2, 0) is 6.67 Å². The number of nitrogens with one attached hydrogen (secondary N) is 1. The minimum absolute atomic E-state index is 0.0578. The van der Waals surface area contributed by atoms with E-state index >= 15 is 0 Å². The third kappa shape index (κ3) is 4.31. The zero-order chi connectivity index (χ0) is 17.2. The lowest BCUT2D eigenvalue weighted by atomic mass is 9.82. The van der Waals surface area contributed by atoms with Crippen LogP contribution in [0.15, 0.2) is 35.3 Å². The van der Waals surface area contributed by atoms with Gasteiger partial charge in [-0.3, -0.25) is 10.1 Å². The van der Waals surface area contributed by atoms with Crippen LogP contribution in [0.1, 0.15) is 32.4 Å². The molecule has 2 rings (SSSR count). The molecular formula is C16H18Cl2FN3O. The Labute approximate surface area is 144 Å². The Balaban J connectivity index is 2.25. The summed E-state index contributed by atoms with van der Waals surface area (Å²) >= 11 is 11.6. The molecule has 2 aromatic rings. The summed E-state index contributed by atoms with van der Waals surface area (Å²) in [5.74, 6) is -0.288. The van der Waals surface area contributed by atoms with Crippen LogP contribution < -0.4 is 10.9 Å². The molecule has 0 aliphatic rings. The molecule has 7 heteroatoms. The molecule has 1 aromatic heterocycles. The average molecular weight is 358 g/mol. The van der Waals surface area contributed by atoms with E-state index < -0.39 is 5.56 Å². The predicted octanol–water partition coefficient (Wildman–Crippen LogP) is 4.02. The summed E-state index contributed by atoms with van der Waals surface area (Å²) in [4.78, 5) is 12.0. The minimum Gasteiger partial charge on any atom is -0.291 e. The van der Waals surface area contributed by atoms with Crippen molar-refractivity contribution in [3.05, 3.63) is 62.2 Å². The lowest BCUT2D eigenvalue weighted by molar-refractivity contribution is 0.250. The summed E-state index contributed by atoms with van der Waals surface area (Å²) in [6.07, 6.45) is 1.33. The SMILES string of the molecule is CC(C)(C)C(NCn1ncc(Cl)c(Cl)c1=O)c1ccc(F)cc1. The minimum atomic E-state index is -0.460.